The zero-order valence-electron chi connectivity index (χ0n) is 10.7. The molecule has 1 aromatic carbocycles. The first-order chi connectivity index (χ1) is 9.47. The predicted molar refractivity (Wildman–Crippen MR) is 69.7 cm³/mol. The molecule has 1 saturated carbocycles. The van der Waals surface area contributed by atoms with Crippen molar-refractivity contribution in [3.05, 3.63) is 39.4 Å². The van der Waals surface area contributed by atoms with Gasteiger partial charge in [0.15, 0.2) is 0 Å². The molecule has 1 fully saturated rings. The number of non-ortho nitro benzene ring substituents is 1. The Morgan fingerprint density at radius 3 is 2.50 bits per heavy atom. The van der Waals surface area contributed by atoms with Crippen molar-refractivity contribution < 1.29 is 19.6 Å². The van der Waals surface area contributed by atoms with Crippen LogP contribution in [-0.2, 0) is 0 Å². The Balaban J connectivity index is 2.13. The quantitative estimate of drug-likeness (QED) is 0.609. The molecule has 1 aliphatic carbocycles. The second-order valence-corrected chi connectivity index (χ2v) is 4.82. The number of carbonyl (C=O) groups excluding carboxylic acids is 1. The van der Waals surface area contributed by atoms with Crippen LogP contribution < -0.4 is 5.32 Å². The third kappa shape index (κ3) is 3.53. The Bertz CT molecular complexity index is 534. The Hall–Kier alpha value is -2.44. The van der Waals surface area contributed by atoms with Crippen LogP contribution >= 0.6 is 0 Å². The van der Waals surface area contributed by atoms with Gasteiger partial charge in [0.2, 0.25) is 0 Å². The summed E-state index contributed by atoms with van der Waals surface area (Å²) in [4.78, 5) is 32.8. The van der Waals surface area contributed by atoms with Gasteiger partial charge in [-0.2, -0.15) is 0 Å². The lowest BCUT2D eigenvalue weighted by molar-refractivity contribution is -0.384. The van der Waals surface area contributed by atoms with Gasteiger partial charge in [0.25, 0.3) is 11.6 Å². The number of nitro benzene ring substituents is 1. The summed E-state index contributed by atoms with van der Waals surface area (Å²) in [5.74, 6) is -1.13. The lowest BCUT2D eigenvalue weighted by Crippen LogP contribution is -2.25. The number of hydrogen-bond donors (Lipinski definition) is 2. The van der Waals surface area contributed by atoms with Crippen LogP contribution in [0.15, 0.2) is 18.2 Å². The van der Waals surface area contributed by atoms with E-state index in [1.54, 1.807) is 0 Å². The van der Waals surface area contributed by atoms with Gasteiger partial charge in [-0.15, -0.1) is 0 Å². The molecule has 1 aromatic rings. The minimum absolute atomic E-state index is 0.00704. The second kappa shape index (κ2) is 5.68. The van der Waals surface area contributed by atoms with E-state index in [1.165, 1.54) is 12.8 Å². The Morgan fingerprint density at radius 2 is 1.95 bits per heavy atom. The van der Waals surface area contributed by atoms with E-state index in [1.807, 2.05) is 0 Å². The standard InChI is InChI=1S/C13H14N2O5/c16-12(14-4-3-8-1-2-8)9-5-10(13(17)18)7-11(6-9)15(19)20/h5-8H,1-4H2,(H,14,16)(H,17,18). The third-order valence-corrected chi connectivity index (χ3v) is 3.17. The molecule has 106 valence electrons. The third-order valence-electron chi connectivity index (χ3n) is 3.17. The fraction of sp³-hybridized carbons (Fsp3) is 0.385. The molecule has 0 saturated heterocycles. The number of carboxylic acids is 1. The van der Waals surface area contributed by atoms with E-state index in [0.717, 1.165) is 24.6 Å². The monoisotopic (exact) mass is 278 g/mol. The molecule has 0 aliphatic heterocycles. The van der Waals surface area contributed by atoms with Crippen LogP contribution in [0.3, 0.4) is 0 Å². The second-order valence-electron chi connectivity index (χ2n) is 4.82. The lowest BCUT2D eigenvalue weighted by atomic mass is 10.1. The van der Waals surface area contributed by atoms with E-state index >= 15 is 0 Å². The number of benzene rings is 1. The molecule has 7 heteroatoms. The van der Waals surface area contributed by atoms with Crippen LogP contribution in [0.25, 0.3) is 0 Å². The van der Waals surface area contributed by atoms with Crippen LogP contribution in [0.5, 0.6) is 0 Å². The van der Waals surface area contributed by atoms with Crippen molar-refractivity contribution in [2.75, 3.05) is 6.54 Å². The van der Waals surface area contributed by atoms with Gasteiger partial charge in [0.05, 0.1) is 10.5 Å². The number of hydrogen-bond acceptors (Lipinski definition) is 4. The number of aromatic carboxylic acids is 1. The van der Waals surface area contributed by atoms with Gasteiger partial charge in [0.1, 0.15) is 0 Å². The highest BCUT2D eigenvalue weighted by Crippen LogP contribution is 2.31. The summed E-state index contributed by atoms with van der Waals surface area (Å²) >= 11 is 0. The molecule has 0 unspecified atom stereocenters. The molecule has 0 aromatic heterocycles. The maximum Gasteiger partial charge on any atom is 0.335 e. The molecule has 20 heavy (non-hydrogen) atoms. The molecule has 1 aliphatic rings. The normalized spacial score (nSPS) is 13.8. The van der Waals surface area contributed by atoms with Crippen LogP contribution in [-0.4, -0.2) is 28.5 Å². The smallest absolute Gasteiger partial charge is 0.335 e. The van der Waals surface area contributed by atoms with E-state index in [0.29, 0.717) is 12.5 Å². The van der Waals surface area contributed by atoms with Gasteiger partial charge >= 0.3 is 5.97 Å². The number of rotatable bonds is 6. The SMILES string of the molecule is O=C(O)c1cc(C(=O)NCCC2CC2)cc([N+](=O)[O-])c1. The van der Waals surface area contributed by atoms with Crippen LogP contribution in [0.4, 0.5) is 5.69 Å². The average Bonchev–Trinajstić information content (AvgIpc) is 3.22. The van der Waals surface area contributed by atoms with Gasteiger partial charge in [-0.25, -0.2) is 4.79 Å². The molecule has 7 nitrogen and oxygen atoms in total. The molecule has 0 radical (unpaired) electrons. The van der Waals surface area contributed by atoms with Crippen LogP contribution in [0, 0.1) is 16.0 Å². The first kappa shape index (κ1) is 14.0. The number of carbonyl (C=O) groups is 2. The highest BCUT2D eigenvalue weighted by molar-refractivity contribution is 5.98. The predicted octanol–water partition coefficient (Wildman–Crippen LogP) is 1.82. The Morgan fingerprint density at radius 1 is 1.30 bits per heavy atom. The number of nitrogens with one attached hydrogen (secondary N) is 1. The van der Waals surface area contributed by atoms with Gasteiger partial charge in [-0.1, -0.05) is 12.8 Å². The van der Waals surface area contributed by atoms with E-state index in [4.69, 9.17) is 5.11 Å². The highest BCUT2D eigenvalue weighted by Gasteiger charge is 2.21. The molecule has 2 rings (SSSR count). The molecule has 0 heterocycles. The summed E-state index contributed by atoms with van der Waals surface area (Å²) < 4.78 is 0. The van der Waals surface area contributed by atoms with Crippen molar-refractivity contribution in [3.8, 4) is 0 Å². The summed E-state index contributed by atoms with van der Waals surface area (Å²) in [5.41, 5.74) is -0.684. The van der Waals surface area contributed by atoms with Gasteiger partial charge in [-0.3, -0.25) is 14.9 Å². The van der Waals surface area contributed by atoms with Crippen molar-refractivity contribution >= 4 is 17.6 Å². The van der Waals surface area contributed by atoms with Crippen molar-refractivity contribution in [2.45, 2.75) is 19.3 Å². The number of carboxylic acid groups (broad SMARTS) is 1. The Labute approximate surface area is 114 Å². The first-order valence-corrected chi connectivity index (χ1v) is 6.28. The minimum atomic E-state index is -1.30. The molecular weight excluding hydrogens is 264 g/mol. The molecule has 2 N–H and O–H groups in total. The number of amides is 1. The summed E-state index contributed by atoms with van der Waals surface area (Å²) in [7, 11) is 0. The van der Waals surface area contributed by atoms with E-state index in [2.05, 4.69) is 5.32 Å². The summed E-state index contributed by atoms with van der Waals surface area (Å²) in [5, 5.41) is 22.3. The van der Waals surface area contributed by atoms with Gasteiger partial charge in [0, 0.05) is 24.2 Å². The molecule has 0 spiro atoms. The zero-order chi connectivity index (χ0) is 14.7. The fourth-order valence-corrected chi connectivity index (χ4v) is 1.87. The lowest BCUT2D eigenvalue weighted by Gasteiger charge is -2.05. The van der Waals surface area contributed by atoms with Crippen molar-refractivity contribution in [2.24, 2.45) is 5.92 Å². The molecule has 1 amide bonds. The highest BCUT2D eigenvalue weighted by atomic mass is 16.6. The maximum absolute atomic E-state index is 11.9. The zero-order valence-corrected chi connectivity index (χ0v) is 10.7. The maximum atomic E-state index is 11.9. The van der Waals surface area contributed by atoms with E-state index < -0.39 is 22.5 Å². The average molecular weight is 278 g/mol. The summed E-state index contributed by atoms with van der Waals surface area (Å²) in [6, 6.07) is 3.16. The van der Waals surface area contributed by atoms with E-state index in [-0.39, 0.29) is 11.1 Å². The van der Waals surface area contributed by atoms with E-state index in [9.17, 15) is 19.7 Å². The first-order valence-electron chi connectivity index (χ1n) is 6.28. The Kier molecular flexibility index (Phi) is 3.97. The van der Waals surface area contributed by atoms with Crippen molar-refractivity contribution in [1.29, 1.82) is 0 Å². The van der Waals surface area contributed by atoms with Crippen molar-refractivity contribution in [1.82, 2.24) is 5.32 Å². The van der Waals surface area contributed by atoms with Gasteiger partial charge < -0.3 is 10.4 Å². The fourth-order valence-electron chi connectivity index (χ4n) is 1.87. The molecule has 0 bridgehead atoms. The number of nitro groups is 1. The van der Waals surface area contributed by atoms with Crippen LogP contribution in [0.2, 0.25) is 0 Å². The molecular formula is C13H14N2O5. The van der Waals surface area contributed by atoms with Crippen LogP contribution in [0.1, 0.15) is 40.0 Å². The molecule has 0 atom stereocenters. The minimum Gasteiger partial charge on any atom is -0.478 e. The van der Waals surface area contributed by atoms with Gasteiger partial charge in [-0.05, 0) is 18.4 Å². The summed E-state index contributed by atoms with van der Waals surface area (Å²) in [6.45, 7) is 0.495. The summed E-state index contributed by atoms with van der Waals surface area (Å²) in [6.07, 6.45) is 3.23. The van der Waals surface area contributed by atoms with Crippen molar-refractivity contribution in [3.63, 3.8) is 0 Å². The largest absolute Gasteiger partial charge is 0.478 e. The topological polar surface area (TPSA) is 110 Å². The number of nitrogens with zero attached hydrogens (tertiary/aromatic N) is 1.